The summed E-state index contributed by atoms with van der Waals surface area (Å²) in [4.78, 5) is 14.7. The molecule has 0 atom stereocenters. The van der Waals surface area contributed by atoms with Gasteiger partial charge >= 0.3 is 0 Å². The number of anilines is 2. The van der Waals surface area contributed by atoms with Crippen molar-refractivity contribution in [1.82, 2.24) is 29.7 Å². The Balaban J connectivity index is 1.37. The summed E-state index contributed by atoms with van der Waals surface area (Å²) < 4.78 is 2.07. The van der Waals surface area contributed by atoms with Crippen molar-refractivity contribution in [3.05, 3.63) is 42.7 Å². The Bertz CT molecular complexity index is 1260. The Morgan fingerprint density at radius 2 is 2.00 bits per heavy atom. The van der Waals surface area contributed by atoms with Gasteiger partial charge in [-0.15, -0.1) is 10.2 Å². The molecule has 3 N–H and O–H groups in total. The van der Waals surface area contributed by atoms with Crippen LogP contribution >= 0.6 is 0 Å². The van der Waals surface area contributed by atoms with Crippen LogP contribution in [0.15, 0.2) is 36.9 Å². The summed E-state index contributed by atoms with van der Waals surface area (Å²) in [5, 5.41) is 24.0. The van der Waals surface area contributed by atoms with E-state index >= 15 is 0 Å². The maximum absolute atomic E-state index is 10.4. The Hall–Kier alpha value is -3.62. The Labute approximate surface area is 185 Å². The topological polar surface area (TPSA) is 108 Å². The number of nitrogens with zero attached hydrogens (tertiary/aromatic N) is 6. The van der Waals surface area contributed by atoms with E-state index in [1.807, 2.05) is 24.5 Å². The average molecular weight is 431 g/mol. The molecule has 32 heavy (non-hydrogen) atoms. The normalized spacial score (nSPS) is 16.9. The van der Waals surface area contributed by atoms with Crippen LogP contribution in [-0.4, -0.2) is 47.4 Å². The van der Waals surface area contributed by atoms with Gasteiger partial charge < -0.3 is 24.9 Å². The van der Waals surface area contributed by atoms with E-state index in [1.54, 1.807) is 6.33 Å². The Kier molecular flexibility index (Phi) is 4.66. The first-order chi connectivity index (χ1) is 15.7. The van der Waals surface area contributed by atoms with Crippen LogP contribution in [0.2, 0.25) is 0 Å². The van der Waals surface area contributed by atoms with E-state index in [-0.39, 0.29) is 5.88 Å². The van der Waals surface area contributed by atoms with Gasteiger partial charge in [-0.25, -0.2) is 9.97 Å². The zero-order valence-electron chi connectivity index (χ0n) is 17.8. The molecule has 0 unspecified atom stereocenters. The van der Waals surface area contributed by atoms with Gasteiger partial charge in [0.05, 0.1) is 12.2 Å². The van der Waals surface area contributed by atoms with E-state index < -0.39 is 0 Å². The molecular weight excluding hydrogens is 404 g/mol. The fourth-order valence-corrected chi connectivity index (χ4v) is 4.86. The van der Waals surface area contributed by atoms with Crippen molar-refractivity contribution in [2.24, 2.45) is 0 Å². The summed E-state index contributed by atoms with van der Waals surface area (Å²) >= 11 is 0. The van der Waals surface area contributed by atoms with Gasteiger partial charge in [-0.05, 0) is 31.0 Å². The molecule has 6 rings (SSSR count). The van der Waals surface area contributed by atoms with Crippen LogP contribution in [0, 0.1) is 0 Å². The summed E-state index contributed by atoms with van der Waals surface area (Å²) in [5.74, 6) is 2.78. The molecule has 0 spiro atoms. The molecule has 0 radical (unpaired) electrons. The van der Waals surface area contributed by atoms with E-state index in [1.165, 1.54) is 32.1 Å². The highest BCUT2D eigenvalue weighted by atomic mass is 16.3. The highest BCUT2D eigenvalue weighted by molar-refractivity contribution is 5.98. The molecule has 4 aromatic heterocycles. The van der Waals surface area contributed by atoms with Crippen molar-refractivity contribution < 1.29 is 5.11 Å². The lowest BCUT2D eigenvalue weighted by Gasteiger charge is -2.29. The number of fused-ring (bicyclic) bond motifs is 2. The molecular formula is C23H26N8O. The molecule has 2 aliphatic rings. The van der Waals surface area contributed by atoms with E-state index in [2.05, 4.69) is 41.0 Å². The van der Waals surface area contributed by atoms with Crippen molar-refractivity contribution in [3.63, 3.8) is 0 Å². The first-order valence-electron chi connectivity index (χ1n) is 11.3. The second-order valence-corrected chi connectivity index (χ2v) is 8.70. The number of rotatable bonds is 4. The van der Waals surface area contributed by atoms with E-state index in [0.29, 0.717) is 12.6 Å². The molecule has 1 saturated carbocycles. The van der Waals surface area contributed by atoms with Crippen LogP contribution in [0.5, 0.6) is 5.88 Å². The molecule has 0 amide bonds. The van der Waals surface area contributed by atoms with Gasteiger partial charge in [-0.1, -0.05) is 19.3 Å². The van der Waals surface area contributed by atoms with Crippen molar-refractivity contribution in [1.29, 1.82) is 0 Å². The molecule has 9 nitrogen and oxygen atoms in total. The predicted octanol–water partition coefficient (Wildman–Crippen LogP) is 3.69. The minimum atomic E-state index is 0.152. The molecule has 164 valence electrons. The highest BCUT2D eigenvalue weighted by Crippen LogP contribution is 2.36. The van der Waals surface area contributed by atoms with Gasteiger partial charge in [-0.3, -0.25) is 0 Å². The summed E-state index contributed by atoms with van der Waals surface area (Å²) in [6, 6.07) is 6.46. The van der Waals surface area contributed by atoms with Crippen LogP contribution in [0.25, 0.3) is 22.0 Å². The molecule has 1 aliphatic heterocycles. The summed E-state index contributed by atoms with van der Waals surface area (Å²) in [6.45, 7) is 2.23. The summed E-state index contributed by atoms with van der Waals surface area (Å²) in [5.41, 5.74) is 1.78. The predicted molar refractivity (Wildman–Crippen MR) is 123 cm³/mol. The Morgan fingerprint density at radius 1 is 1.09 bits per heavy atom. The lowest BCUT2D eigenvalue weighted by molar-refractivity contribution is 0.462. The van der Waals surface area contributed by atoms with Crippen LogP contribution in [0.4, 0.5) is 11.6 Å². The lowest BCUT2D eigenvalue weighted by atomic mass is 9.95. The van der Waals surface area contributed by atoms with Crippen LogP contribution < -0.4 is 10.2 Å². The zero-order valence-corrected chi connectivity index (χ0v) is 17.8. The molecule has 9 heteroatoms. The number of aromatic nitrogens is 6. The van der Waals surface area contributed by atoms with Gasteiger partial charge in [0.25, 0.3) is 0 Å². The van der Waals surface area contributed by atoms with Crippen molar-refractivity contribution in [2.45, 2.75) is 51.2 Å². The quantitative estimate of drug-likeness (QED) is 0.453. The number of pyridine rings is 2. The molecule has 0 saturated heterocycles. The number of aromatic amines is 1. The highest BCUT2D eigenvalue weighted by Gasteiger charge is 2.23. The molecule has 5 heterocycles. The fourth-order valence-electron chi connectivity index (χ4n) is 4.86. The van der Waals surface area contributed by atoms with E-state index in [0.717, 1.165) is 52.6 Å². The van der Waals surface area contributed by atoms with Crippen LogP contribution in [-0.2, 0) is 13.1 Å². The largest absolute Gasteiger partial charge is 0.494 e. The number of nitrogens with one attached hydrogen (secondary N) is 2. The second kappa shape index (κ2) is 7.81. The number of aromatic hydroxyl groups is 1. The second-order valence-electron chi connectivity index (χ2n) is 8.70. The van der Waals surface area contributed by atoms with Crippen molar-refractivity contribution in [2.75, 3.05) is 16.8 Å². The molecule has 4 aromatic rings. The number of hydrogen-bond donors (Lipinski definition) is 3. The lowest BCUT2D eigenvalue weighted by Crippen LogP contribution is -2.34. The van der Waals surface area contributed by atoms with Gasteiger partial charge in [0.15, 0.2) is 11.7 Å². The smallest absolute Gasteiger partial charge is 0.196 e. The first-order valence-corrected chi connectivity index (χ1v) is 11.3. The van der Waals surface area contributed by atoms with Crippen LogP contribution in [0.3, 0.4) is 0 Å². The third-order valence-corrected chi connectivity index (χ3v) is 6.60. The molecule has 1 fully saturated rings. The molecule has 1 aliphatic carbocycles. The van der Waals surface area contributed by atoms with Gasteiger partial charge in [0, 0.05) is 47.9 Å². The third kappa shape index (κ3) is 3.43. The minimum Gasteiger partial charge on any atom is -0.494 e. The summed E-state index contributed by atoms with van der Waals surface area (Å²) in [7, 11) is 0. The standard InChI is InChI=1S/C23H26N8O/c32-23-17-11-19(15-6-7-24-20(10-15)27-16-4-2-1-3-5-16)28-22(18(17)12-25-23)30-8-9-31-14-26-29-21(31)13-30/h6-7,10-12,14,16,25,32H,1-5,8-9,13H2,(H,24,27). The molecule has 0 bridgehead atoms. The monoisotopic (exact) mass is 430 g/mol. The number of hydrogen-bond acceptors (Lipinski definition) is 7. The van der Waals surface area contributed by atoms with E-state index in [4.69, 9.17) is 4.98 Å². The maximum atomic E-state index is 10.4. The first kappa shape index (κ1) is 19.1. The Morgan fingerprint density at radius 3 is 2.91 bits per heavy atom. The minimum absolute atomic E-state index is 0.152. The zero-order chi connectivity index (χ0) is 21.5. The third-order valence-electron chi connectivity index (χ3n) is 6.60. The van der Waals surface area contributed by atoms with Crippen LogP contribution in [0.1, 0.15) is 37.9 Å². The van der Waals surface area contributed by atoms with Gasteiger partial charge in [0.1, 0.15) is 18.0 Å². The van der Waals surface area contributed by atoms with Crippen molar-refractivity contribution >= 4 is 22.4 Å². The molecule has 0 aromatic carbocycles. The fraction of sp³-hybridized carbons (Fsp3) is 0.391. The summed E-state index contributed by atoms with van der Waals surface area (Å²) in [6.07, 6.45) is 11.7. The van der Waals surface area contributed by atoms with Crippen molar-refractivity contribution in [3.8, 4) is 17.1 Å². The maximum Gasteiger partial charge on any atom is 0.196 e. The van der Waals surface area contributed by atoms with E-state index in [9.17, 15) is 5.11 Å². The average Bonchev–Trinajstić information content (AvgIpc) is 3.45. The number of H-pyrrole nitrogens is 1. The SMILES string of the molecule is Oc1[nH]cc2c(N3CCn4cnnc4C3)nc(-c3ccnc(NC4CCCCC4)c3)cc12. The van der Waals surface area contributed by atoms with Gasteiger partial charge in [-0.2, -0.15) is 0 Å². The van der Waals surface area contributed by atoms with Gasteiger partial charge in [0.2, 0.25) is 0 Å².